The molecule has 0 N–H and O–H groups in total. The highest BCUT2D eigenvalue weighted by molar-refractivity contribution is 5.51. The van der Waals surface area contributed by atoms with E-state index in [1.807, 2.05) is 0 Å². The van der Waals surface area contributed by atoms with Crippen LogP contribution in [-0.2, 0) is 25.0 Å². The first kappa shape index (κ1) is 37.3. The summed E-state index contributed by atoms with van der Waals surface area (Å²) in [4.78, 5) is 0. The van der Waals surface area contributed by atoms with Crippen LogP contribution in [0.15, 0.2) is 73.3 Å². The van der Waals surface area contributed by atoms with Crippen LogP contribution < -0.4 is 14.0 Å². The van der Waals surface area contributed by atoms with Crippen molar-refractivity contribution in [3.8, 4) is 17.2 Å². The number of benzene rings is 3. The second kappa shape index (κ2) is 17.2. The molecule has 1 atom stereocenters. The van der Waals surface area contributed by atoms with Gasteiger partial charge in [0.05, 0.1) is 13.2 Å². The predicted octanol–water partition coefficient (Wildman–Crippen LogP) is 11.4. The van der Waals surface area contributed by atoms with E-state index in [0.29, 0.717) is 13.2 Å². The van der Waals surface area contributed by atoms with E-state index in [-0.39, 0.29) is 10.8 Å². The SMILES string of the molecule is CCCCC(C)(C)c1cc(OCc2ccccc2)cc(CC(C)(CC)CCC)c1OCCCC[n+]1ccn(-c2c(C)cc(C)cc2C)c1. The van der Waals surface area contributed by atoms with Gasteiger partial charge >= 0.3 is 0 Å². The van der Waals surface area contributed by atoms with Crippen molar-refractivity contribution >= 4 is 0 Å². The molecule has 0 bridgehead atoms. The van der Waals surface area contributed by atoms with E-state index in [1.165, 1.54) is 64.8 Å². The van der Waals surface area contributed by atoms with E-state index < -0.39 is 0 Å². The van der Waals surface area contributed by atoms with Crippen LogP contribution in [-0.4, -0.2) is 11.2 Å². The summed E-state index contributed by atoms with van der Waals surface area (Å²) in [6.07, 6.45) is 16.7. The number of aromatic nitrogens is 2. The molecule has 1 heterocycles. The molecule has 1 aromatic heterocycles. The van der Waals surface area contributed by atoms with Crippen LogP contribution in [0.25, 0.3) is 5.69 Å². The number of rotatable bonds is 19. The first-order valence-electron chi connectivity index (χ1n) is 18.6. The molecule has 4 aromatic rings. The zero-order chi connectivity index (χ0) is 34.7. The van der Waals surface area contributed by atoms with Gasteiger partial charge in [-0.2, -0.15) is 0 Å². The Morgan fingerprint density at radius 3 is 2.19 bits per heavy atom. The number of unbranched alkanes of at least 4 members (excludes halogenated alkanes) is 2. The first-order valence-corrected chi connectivity index (χ1v) is 18.6. The maximum Gasteiger partial charge on any atom is 0.248 e. The highest BCUT2D eigenvalue weighted by Crippen LogP contribution is 2.44. The molecule has 4 nitrogen and oxygen atoms in total. The van der Waals surface area contributed by atoms with Gasteiger partial charge in [-0.25, -0.2) is 9.13 Å². The molecule has 0 radical (unpaired) electrons. The molecule has 4 heteroatoms. The third-order valence-electron chi connectivity index (χ3n) is 10.2. The molecule has 0 spiro atoms. The molecule has 0 fully saturated rings. The highest BCUT2D eigenvalue weighted by atomic mass is 16.5. The molecule has 0 saturated carbocycles. The third-order valence-corrected chi connectivity index (χ3v) is 10.2. The minimum atomic E-state index is -0.0232. The fraction of sp³-hybridized carbons (Fsp3) is 0.523. The lowest BCUT2D eigenvalue weighted by Gasteiger charge is -2.33. The zero-order valence-corrected chi connectivity index (χ0v) is 31.6. The van der Waals surface area contributed by atoms with Crippen molar-refractivity contribution in [2.75, 3.05) is 6.61 Å². The van der Waals surface area contributed by atoms with Crippen molar-refractivity contribution in [1.29, 1.82) is 0 Å². The molecule has 3 aromatic carbocycles. The molecular weight excluding hydrogens is 588 g/mol. The summed E-state index contributed by atoms with van der Waals surface area (Å²) < 4.78 is 18.0. The molecule has 1 unspecified atom stereocenters. The predicted molar refractivity (Wildman–Crippen MR) is 202 cm³/mol. The lowest BCUT2D eigenvalue weighted by atomic mass is 9.74. The van der Waals surface area contributed by atoms with Crippen molar-refractivity contribution in [3.63, 3.8) is 0 Å². The number of hydrogen-bond donors (Lipinski definition) is 0. The Bertz CT molecular complexity index is 1560. The summed E-state index contributed by atoms with van der Waals surface area (Å²) in [5.74, 6) is 2.05. The Balaban J connectivity index is 1.55. The maximum atomic E-state index is 6.91. The quantitative estimate of drug-likeness (QED) is 0.0745. The number of nitrogens with zero attached hydrogens (tertiary/aromatic N) is 2. The van der Waals surface area contributed by atoms with Crippen LogP contribution >= 0.6 is 0 Å². The molecule has 0 aliphatic heterocycles. The number of ether oxygens (including phenoxy) is 2. The zero-order valence-electron chi connectivity index (χ0n) is 31.6. The van der Waals surface area contributed by atoms with Gasteiger partial charge in [0.15, 0.2) is 0 Å². The van der Waals surface area contributed by atoms with Crippen molar-refractivity contribution in [3.05, 3.63) is 107 Å². The fourth-order valence-corrected chi connectivity index (χ4v) is 7.30. The van der Waals surface area contributed by atoms with Gasteiger partial charge in [-0.15, -0.1) is 0 Å². The van der Waals surface area contributed by atoms with Crippen molar-refractivity contribution in [1.82, 2.24) is 4.57 Å². The van der Waals surface area contributed by atoms with Gasteiger partial charge in [-0.1, -0.05) is 115 Å². The van der Waals surface area contributed by atoms with E-state index >= 15 is 0 Å². The molecule has 48 heavy (non-hydrogen) atoms. The average molecular weight is 652 g/mol. The summed E-state index contributed by atoms with van der Waals surface area (Å²) in [6, 6.07) is 19.6. The van der Waals surface area contributed by atoms with Gasteiger partial charge in [0.25, 0.3) is 0 Å². The molecule has 0 amide bonds. The minimum Gasteiger partial charge on any atom is -0.493 e. The van der Waals surface area contributed by atoms with Crippen LogP contribution in [0.5, 0.6) is 11.5 Å². The van der Waals surface area contributed by atoms with Crippen LogP contribution in [0.2, 0.25) is 0 Å². The normalized spacial score (nSPS) is 13.0. The highest BCUT2D eigenvalue weighted by Gasteiger charge is 2.30. The standard InChI is InChI=1S/C44H63N2O2/c1-10-13-22-43(7,8)40-30-39(48-32-37-19-15-14-16-20-37)29-38(31-44(9,12-3)21-11-2)42(40)47-26-18-17-23-45-24-25-46(33-45)41-35(5)27-34(4)28-36(41)6/h14-16,19-20,24-25,27-30,33H,10-13,17-18,21-23,26,31-32H2,1-9H3/q+1. The molecule has 0 saturated heterocycles. The smallest absolute Gasteiger partial charge is 0.248 e. The minimum absolute atomic E-state index is 0.0232. The lowest BCUT2D eigenvalue weighted by molar-refractivity contribution is -0.696. The summed E-state index contributed by atoms with van der Waals surface area (Å²) in [5, 5.41) is 0. The van der Waals surface area contributed by atoms with Crippen LogP contribution in [0.4, 0.5) is 0 Å². The number of imidazole rings is 1. The summed E-state index contributed by atoms with van der Waals surface area (Å²) >= 11 is 0. The van der Waals surface area contributed by atoms with Gasteiger partial charge in [-0.05, 0) is 98.1 Å². The van der Waals surface area contributed by atoms with Gasteiger partial charge in [0.2, 0.25) is 6.33 Å². The Labute approximate surface area is 292 Å². The van der Waals surface area contributed by atoms with Crippen molar-refractivity contribution in [2.24, 2.45) is 5.41 Å². The number of aryl methyl sites for hydroxylation is 4. The molecular formula is C44H63N2O2+. The second-order valence-electron chi connectivity index (χ2n) is 15.2. The summed E-state index contributed by atoms with van der Waals surface area (Å²) in [6.45, 7) is 23.0. The van der Waals surface area contributed by atoms with E-state index in [1.54, 1.807) is 0 Å². The fourth-order valence-electron chi connectivity index (χ4n) is 7.30. The number of hydrogen-bond acceptors (Lipinski definition) is 2. The third kappa shape index (κ3) is 10.00. The maximum absolute atomic E-state index is 6.91. The Hall–Kier alpha value is -3.53. The van der Waals surface area contributed by atoms with Gasteiger partial charge < -0.3 is 9.47 Å². The van der Waals surface area contributed by atoms with Gasteiger partial charge in [0.1, 0.15) is 36.2 Å². The molecule has 0 aliphatic carbocycles. The van der Waals surface area contributed by atoms with Gasteiger partial charge in [-0.3, -0.25) is 0 Å². The largest absolute Gasteiger partial charge is 0.493 e. The van der Waals surface area contributed by atoms with Crippen LogP contribution in [0.3, 0.4) is 0 Å². The summed E-state index contributed by atoms with van der Waals surface area (Å²) in [7, 11) is 0. The van der Waals surface area contributed by atoms with E-state index in [2.05, 4.69) is 145 Å². The van der Waals surface area contributed by atoms with Crippen LogP contribution in [0, 0.1) is 26.2 Å². The van der Waals surface area contributed by atoms with E-state index in [0.717, 1.165) is 50.1 Å². The Morgan fingerprint density at radius 1 is 0.792 bits per heavy atom. The first-order chi connectivity index (χ1) is 23.0. The average Bonchev–Trinajstić information content (AvgIpc) is 3.51. The Morgan fingerprint density at radius 2 is 1.52 bits per heavy atom. The monoisotopic (exact) mass is 651 g/mol. The summed E-state index contributed by atoms with van der Waals surface area (Å²) in [5.41, 5.74) is 9.19. The molecule has 0 aliphatic rings. The van der Waals surface area contributed by atoms with Crippen molar-refractivity contribution in [2.45, 2.75) is 139 Å². The molecule has 4 rings (SSSR count). The molecule has 260 valence electrons. The second-order valence-corrected chi connectivity index (χ2v) is 15.2. The Kier molecular flexibility index (Phi) is 13.4. The van der Waals surface area contributed by atoms with E-state index in [4.69, 9.17) is 9.47 Å². The van der Waals surface area contributed by atoms with Crippen molar-refractivity contribution < 1.29 is 14.0 Å². The topological polar surface area (TPSA) is 27.3 Å². The lowest BCUT2D eigenvalue weighted by Crippen LogP contribution is -2.31. The van der Waals surface area contributed by atoms with Gasteiger partial charge in [0, 0.05) is 5.56 Å². The van der Waals surface area contributed by atoms with E-state index in [9.17, 15) is 0 Å². The van der Waals surface area contributed by atoms with Crippen LogP contribution in [0.1, 0.15) is 126 Å².